The molecule has 1 aromatic carbocycles. The summed E-state index contributed by atoms with van der Waals surface area (Å²) in [5, 5.41) is 0. The molecule has 6 heteroatoms. The average Bonchev–Trinajstić information content (AvgIpc) is 2.69. The Morgan fingerprint density at radius 2 is 2.11 bits per heavy atom. The molecule has 1 saturated heterocycles. The van der Waals surface area contributed by atoms with Gasteiger partial charge in [0.25, 0.3) is 0 Å². The van der Waals surface area contributed by atoms with Crippen LogP contribution in [-0.2, 0) is 10.0 Å². The molecule has 0 radical (unpaired) electrons. The highest BCUT2D eigenvalue weighted by molar-refractivity contribution is 7.89. The second-order valence-electron chi connectivity index (χ2n) is 5.39. The van der Waals surface area contributed by atoms with Gasteiger partial charge in [0.15, 0.2) is 0 Å². The third-order valence-electron chi connectivity index (χ3n) is 3.53. The average molecular weight is 298 g/mol. The lowest BCUT2D eigenvalue weighted by atomic mass is 10.0. The van der Waals surface area contributed by atoms with Gasteiger partial charge >= 0.3 is 0 Å². The van der Waals surface area contributed by atoms with Gasteiger partial charge in [0.2, 0.25) is 10.0 Å². The molecule has 19 heavy (non-hydrogen) atoms. The normalized spacial score (nSPS) is 19.5. The van der Waals surface area contributed by atoms with Gasteiger partial charge in [-0.2, -0.15) is 4.31 Å². The predicted molar refractivity (Wildman–Crippen MR) is 79.5 cm³/mol. The van der Waals surface area contributed by atoms with Crippen LogP contribution in [-0.4, -0.2) is 29.8 Å². The summed E-state index contributed by atoms with van der Waals surface area (Å²) >= 11 is 4.89. The molecule has 1 aliphatic heterocycles. The van der Waals surface area contributed by atoms with Crippen molar-refractivity contribution < 1.29 is 8.42 Å². The number of hydrogen-bond donors (Lipinski definition) is 1. The lowest BCUT2D eigenvalue weighted by molar-refractivity contribution is 0.291. The summed E-state index contributed by atoms with van der Waals surface area (Å²) < 4.78 is 26.9. The van der Waals surface area contributed by atoms with E-state index in [4.69, 9.17) is 18.0 Å². The molecular formula is C13H18N2O2S2. The summed E-state index contributed by atoms with van der Waals surface area (Å²) in [5.41, 5.74) is 5.80. The van der Waals surface area contributed by atoms with E-state index in [0.717, 1.165) is 12.8 Å². The Kier molecular flexibility index (Phi) is 3.68. The van der Waals surface area contributed by atoms with Crippen molar-refractivity contribution in [3.63, 3.8) is 0 Å². The van der Waals surface area contributed by atoms with E-state index in [1.807, 2.05) is 13.8 Å². The maximum atomic E-state index is 12.7. The third-order valence-corrected chi connectivity index (χ3v) is 5.87. The van der Waals surface area contributed by atoms with E-state index < -0.39 is 10.0 Å². The summed E-state index contributed by atoms with van der Waals surface area (Å²) in [6, 6.07) is 6.53. The fourth-order valence-corrected chi connectivity index (χ4v) is 4.48. The minimum Gasteiger partial charge on any atom is -0.389 e. The Balaban J connectivity index is 2.45. The van der Waals surface area contributed by atoms with Gasteiger partial charge in [0.1, 0.15) is 4.99 Å². The van der Waals surface area contributed by atoms with Gasteiger partial charge in [-0.05, 0) is 38.8 Å². The standard InChI is InChI=1S/C13H18N2O2S2/c1-13(2)7-4-8-15(13)19(16,17)11-6-3-5-10(9-11)12(14)18/h3,5-6,9H,4,7-8H2,1-2H3,(H2,14,18). The first-order valence-corrected chi connectivity index (χ1v) is 8.03. The topological polar surface area (TPSA) is 63.4 Å². The molecule has 0 saturated carbocycles. The van der Waals surface area contributed by atoms with Gasteiger partial charge in [-0.25, -0.2) is 8.42 Å². The zero-order chi connectivity index (χ0) is 14.3. The summed E-state index contributed by atoms with van der Waals surface area (Å²) in [6.45, 7) is 4.47. The molecule has 0 bridgehead atoms. The number of rotatable bonds is 3. The minimum absolute atomic E-state index is 0.206. The molecule has 1 heterocycles. The van der Waals surface area contributed by atoms with Crippen LogP contribution in [0, 0.1) is 0 Å². The van der Waals surface area contributed by atoms with E-state index in [9.17, 15) is 8.42 Å². The Hall–Kier alpha value is -0.980. The van der Waals surface area contributed by atoms with Crippen LogP contribution in [0.2, 0.25) is 0 Å². The van der Waals surface area contributed by atoms with Crippen LogP contribution in [0.1, 0.15) is 32.3 Å². The van der Waals surface area contributed by atoms with Gasteiger partial charge in [-0.15, -0.1) is 0 Å². The van der Waals surface area contributed by atoms with Crippen molar-refractivity contribution >= 4 is 27.2 Å². The molecule has 2 N–H and O–H groups in total. The minimum atomic E-state index is -3.48. The van der Waals surface area contributed by atoms with Crippen molar-refractivity contribution in [3.8, 4) is 0 Å². The molecule has 0 aliphatic carbocycles. The van der Waals surface area contributed by atoms with E-state index in [2.05, 4.69) is 0 Å². The molecule has 0 unspecified atom stereocenters. The summed E-state index contributed by atoms with van der Waals surface area (Å²) in [4.78, 5) is 0.463. The first kappa shape index (κ1) is 14.4. The SMILES string of the molecule is CC1(C)CCCN1S(=O)(=O)c1cccc(C(N)=S)c1. The van der Waals surface area contributed by atoms with Crippen LogP contribution in [0.5, 0.6) is 0 Å². The molecule has 0 aromatic heterocycles. The maximum Gasteiger partial charge on any atom is 0.243 e. The molecule has 0 atom stereocenters. The molecule has 1 aromatic rings. The van der Waals surface area contributed by atoms with Crippen molar-refractivity contribution in [1.29, 1.82) is 0 Å². The van der Waals surface area contributed by atoms with Crippen LogP contribution in [0.15, 0.2) is 29.2 Å². The van der Waals surface area contributed by atoms with Gasteiger partial charge in [-0.1, -0.05) is 24.4 Å². The van der Waals surface area contributed by atoms with E-state index in [0.29, 0.717) is 12.1 Å². The second-order valence-corrected chi connectivity index (χ2v) is 7.69. The smallest absolute Gasteiger partial charge is 0.243 e. The summed E-state index contributed by atoms with van der Waals surface area (Å²) in [6.07, 6.45) is 1.77. The van der Waals surface area contributed by atoms with Crippen LogP contribution in [0.4, 0.5) is 0 Å². The number of nitrogens with two attached hydrogens (primary N) is 1. The summed E-state index contributed by atoms with van der Waals surface area (Å²) in [5.74, 6) is 0. The highest BCUT2D eigenvalue weighted by atomic mass is 32.2. The quantitative estimate of drug-likeness (QED) is 0.866. The van der Waals surface area contributed by atoms with Crippen LogP contribution >= 0.6 is 12.2 Å². The zero-order valence-electron chi connectivity index (χ0n) is 11.1. The Labute approximate surface area is 119 Å². The van der Waals surface area contributed by atoms with Gasteiger partial charge in [-0.3, -0.25) is 0 Å². The largest absolute Gasteiger partial charge is 0.389 e. The zero-order valence-corrected chi connectivity index (χ0v) is 12.7. The predicted octanol–water partition coefficient (Wildman–Crippen LogP) is 1.88. The lowest BCUT2D eigenvalue weighted by Crippen LogP contribution is -2.42. The molecular weight excluding hydrogens is 280 g/mol. The molecule has 1 aliphatic rings. The molecule has 1 fully saturated rings. The third kappa shape index (κ3) is 2.66. The van der Waals surface area contributed by atoms with Crippen molar-refractivity contribution in [2.45, 2.75) is 37.1 Å². The maximum absolute atomic E-state index is 12.7. The van der Waals surface area contributed by atoms with E-state index in [1.54, 1.807) is 28.6 Å². The van der Waals surface area contributed by atoms with Crippen LogP contribution < -0.4 is 5.73 Å². The Bertz CT molecular complexity index is 609. The number of hydrogen-bond acceptors (Lipinski definition) is 3. The van der Waals surface area contributed by atoms with E-state index >= 15 is 0 Å². The molecule has 2 rings (SSSR count). The van der Waals surface area contributed by atoms with Gasteiger partial charge in [0.05, 0.1) is 4.90 Å². The molecule has 0 amide bonds. The first-order chi connectivity index (χ1) is 8.75. The lowest BCUT2D eigenvalue weighted by Gasteiger charge is -2.30. The van der Waals surface area contributed by atoms with Gasteiger partial charge < -0.3 is 5.73 Å². The number of nitrogens with zero attached hydrogens (tertiary/aromatic N) is 1. The van der Waals surface area contributed by atoms with Crippen molar-refractivity contribution in [3.05, 3.63) is 29.8 Å². The van der Waals surface area contributed by atoms with Crippen molar-refractivity contribution in [2.24, 2.45) is 5.73 Å². The Morgan fingerprint density at radius 3 is 2.63 bits per heavy atom. The summed E-state index contributed by atoms with van der Waals surface area (Å²) in [7, 11) is -3.48. The van der Waals surface area contributed by atoms with Gasteiger partial charge in [0, 0.05) is 17.6 Å². The molecule has 4 nitrogen and oxygen atoms in total. The van der Waals surface area contributed by atoms with E-state index in [-0.39, 0.29) is 15.4 Å². The molecule has 104 valence electrons. The molecule has 0 spiro atoms. The Morgan fingerprint density at radius 1 is 1.42 bits per heavy atom. The second kappa shape index (κ2) is 4.85. The number of thiocarbonyl (C=S) groups is 1. The highest BCUT2D eigenvalue weighted by Gasteiger charge is 2.40. The highest BCUT2D eigenvalue weighted by Crippen LogP contribution is 2.33. The van der Waals surface area contributed by atoms with Crippen molar-refractivity contribution in [2.75, 3.05) is 6.54 Å². The fourth-order valence-electron chi connectivity index (χ4n) is 2.47. The van der Waals surface area contributed by atoms with E-state index in [1.165, 1.54) is 0 Å². The van der Waals surface area contributed by atoms with Crippen LogP contribution in [0.3, 0.4) is 0 Å². The fraction of sp³-hybridized carbons (Fsp3) is 0.462. The monoisotopic (exact) mass is 298 g/mol. The van der Waals surface area contributed by atoms with Crippen LogP contribution in [0.25, 0.3) is 0 Å². The number of sulfonamides is 1. The number of benzene rings is 1. The van der Waals surface area contributed by atoms with Crippen molar-refractivity contribution in [1.82, 2.24) is 4.31 Å². The first-order valence-electron chi connectivity index (χ1n) is 6.18.